The van der Waals surface area contributed by atoms with E-state index in [2.05, 4.69) is 16.0 Å². The molecular weight excluding hydrogens is 390 g/mol. The van der Waals surface area contributed by atoms with Crippen molar-refractivity contribution in [2.45, 2.75) is 32.7 Å². The maximum absolute atomic E-state index is 12.6. The molecule has 1 aliphatic rings. The molecule has 0 atom stereocenters. The first-order chi connectivity index (χ1) is 14.5. The lowest BCUT2D eigenvalue weighted by Gasteiger charge is -2.26. The monoisotopic (exact) mass is 415 g/mol. The van der Waals surface area contributed by atoms with Crippen LogP contribution in [-0.4, -0.2) is 58.7 Å². The minimum Gasteiger partial charge on any atom is -0.378 e. The summed E-state index contributed by atoms with van der Waals surface area (Å²) >= 11 is 0. The molecule has 30 heavy (non-hydrogen) atoms. The van der Waals surface area contributed by atoms with Crippen molar-refractivity contribution < 1.29 is 19.1 Å². The van der Waals surface area contributed by atoms with E-state index in [0.717, 1.165) is 0 Å². The van der Waals surface area contributed by atoms with E-state index in [1.165, 1.54) is 4.68 Å². The number of aryl methyl sites for hydroxylation is 1. The first-order valence-corrected chi connectivity index (χ1v) is 9.95. The van der Waals surface area contributed by atoms with E-state index >= 15 is 0 Å². The molecule has 2 heterocycles. The van der Waals surface area contributed by atoms with Crippen molar-refractivity contribution in [2.24, 2.45) is 0 Å². The Balaban J connectivity index is 1.62. The van der Waals surface area contributed by atoms with Crippen molar-refractivity contribution in [3.05, 3.63) is 40.3 Å². The summed E-state index contributed by atoms with van der Waals surface area (Å²) in [4.78, 5) is 50.9. The lowest BCUT2D eigenvalue weighted by Crippen LogP contribution is -2.44. The number of rotatable bonds is 6. The molecule has 160 valence electrons. The van der Waals surface area contributed by atoms with Crippen LogP contribution in [0.15, 0.2) is 29.1 Å². The molecule has 1 aromatic heterocycles. The highest BCUT2D eigenvalue weighted by Crippen LogP contribution is 2.13. The van der Waals surface area contributed by atoms with Crippen LogP contribution in [-0.2, 0) is 20.9 Å². The molecule has 1 aromatic carbocycles. The van der Waals surface area contributed by atoms with Gasteiger partial charge in [0.05, 0.1) is 18.6 Å². The van der Waals surface area contributed by atoms with Crippen molar-refractivity contribution in [3.8, 4) is 0 Å². The number of carbonyl (C=O) groups is 3. The molecule has 1 fully saturated rings. The average molecular weight is 415 g/mol. The highest BCUT2D eigenvalue weighted by molar-refractivity contribution is 6.05. The summed E-state index contributed by atoms with van der Waals surface area (Å²) in [7, 11) is 0. The number of nitrogens with one attached hydrogen (secondary N) is 2. The Morgan fingerprint density at radius 1 is 1.07 bits per heavy atom. The standard InChI is InChI=1S/C20H25N5O5/c1-2-9-25-20(29)15-6-4-3-5-14(15)18(23-25)19(28)22-21-16(26)7-8-17(27)24-10-12-30-13-11-24/h3-6H,2,7-13H2,1H3,(H,21,26)(H,22,28). The molecule has 0 saturated carbocycles. The Kier molecular flexibility index (Phi) is 7.12. The van der Waals surface area contributed by atoms with Gasteiger partial charge in [0.15, 0.2) is 5.69 Å². The second kappa shape index (κ2) is 9.97. The van der Waals surface area contributed by atoms with E-state index in [1.807, 2.05) is 6.92 Å². The van der Waals surface area contributed by atoms with Gasteiger partial charge in [-0.1, -0.05) is 25.1 Å². The van der Waals surface area contributed by atoms with Crippen LogP contribution in [0.1, 0.15) is 36.7 Å². The second-order valence-electron chi connectivity index (χ2n) is 6.92. The van der Waals surface area contributed by atoms with Crippen LogP contribution in [0, 0.1) is 0 Å². The number of hydrazine groups is 1. The molecular formula is C20H25N5O5. The molecule has 3 rings (SSSR count). The fourth-order valence-electron chi connectivity index (χ4n) is 3.21. The Morgan fingerprint density at radius 3 is 2.47 bits per heavy atom. The summed E-state index contributed by atoms with van der Waals surface area (Å²) in [6, 6.07) is 6.70. The van der Waals surface area contributed by atoms with Gasteiger partial charge in [-0.25, -0.2) is 4.68 Å². The third-order valence-electron chi connectivity index (χ3n) is 4.76. The lowest BCUT2D eigenvalue weighted by molar-refractivity contribution is -0.137. The summed E-state index contributed by atoms with van der Waals surface area (Å²) in [6.07, 6.45) is 0.671. The number of amides is 3. The molecule has 0 radical (unpaired) electrons. The quantitative estimate of drug-likeness (QED) is 0.650. The Bertz CT molecular complexity index is 997. The lowest BCUT2D eigenvalue weighted by atomic mass is 10.1. The number of carbonyl (C=O) groups excluding carboxylic acids is 3. The fourth-order valence-corrected chi connectivity index (χ4v) is 3.21. The molecule has 10 heteroatoms. The van der Waals surface area contributed by atoms with Crippen LogP contribution in [0.2, 0.25) is 0 Å². The molecule has 3 amide bonds. The summed E-state index contributed by atoms with van der Waals surface area (Å²) in [6.45, 7) is 4.30. The zero-order valence-corrected chi connectivity index (χ0v) is 16.8. The minimum atomic E-state index is -0.635. The van der Waals surface area contributed by atoms with Gasteiger partial charge in [-0.05, 0) is 12.5 Å². The van der Waals surface area contributed by atoms with Crippen LogP contribution in [0.4, 0.5) is 0 Å². The molecule has 2 aromatic rings. The van der Waals surface area contributed by atoms with Crippen molar-refractivity contribution in [1.82, 2.24) is 25.5 Å². The first kappa shape index (κ1) is 21.4. The normalized spacial score (nSPS) is 13.8. The predicted molar refractivity (Wildman–Crippen MR) is 109 cm³/mol. The molecule has 0 spiro atoms. The largest absolute Gasteiger partial charge is 0.378 e. The van der Waals surface area contributed by atoms with Crippen molar-refractivity contribution >= 4 is 28.5 Å². The molecule has 0 bridgehead atoms. The number of benzene rings is 1. The highest BCUT2D eigenvalue weighted by atomic mass is 16.5. The van der Waals surface area contributed by atoms with Gasteiger partial charge in [-0.2, -0.15) is 5.10 Å². The molecule has 2 N–H and O–H groups in total. The van der Waals surface area contributed by atoms with Gasteiger partial charge in [0.25, 0.3) is 11.5 Å². The van der Waals surface area contributed by atoms with Gasteiger partial charge in [-0.15, -0.1) is 0 Å². The van der Waals surface area contributed by atoms with Gasteiger partial charge in [0, 0.05) is 37.9 Å². The Morgan fingerprint density at radius 2 is 1.77 bits per heavy atom. The van der Waals surface area contributed by atoms with Crippen LogP contribution in [0.25, 0.3) is 10.8 Å². The van der Waals surface area contributed by atoms with Gasteiger partial charge < -0.3 is 9.64 Å². The molecule has 0 unspecified atom stereocenters. The Hall–Kier alpha value is -3.27. The molecule has 10 nitrogen and oxygen atoms in total. The number of nitrogens with zero attached hydrogens (tertiary/aromatic N) is 3. The number of fused-ring (bicyclic) bond motifs is 1. The van der Waals surface area contributed by atoms with Crippen LogP contribution in [0.3, 0.4) is 0 Å². The van der Waals surface area contributed by atoms with Gasteiger partial charge in [0.2, 0.25) is 11.8 Å². The molecule has 0 aliphatic carbocycles. The van der Waals surface area contributed by atoms with E-state index in [9.17, 15) is 19.2 Å². The Labute approximate surface area is 173 Å². The highest BCUT2D eigenvalue weighted by Gasteiger charge is 2.19. The van der Waals surface area contributed by atoms with Gasteiger partial charge in [0.1, 0.15) is 0 Å². The van der Waals surface area contributed by atoms with Gasteiger partial charge >= 0.3 is 0 Å². The number of hydrogen-bond acceptors (Lipinski definition) is 6. The number of morpholine rings is 1. The second-order valence-corrected chi connectivity index (χ2v) is 6.92. The topological polar surface area (TPSA) is 123 Å². The minimum absolute atomic E-state index is 0.0448. The van der Waals surface area contributed by atoms with E-state index < -0.39 is 11.8 Å². The van der Waals surface area contributed by atoms with Gasteiger partial charge in [-0.3, -0.25) is 30.0 Å². The van der Waals surface area contributed by atoms with E-state index in [4.69, 9.17) is 4.74 Å². The summed E-state index contributed by atoms with van der Waals surface area (Å²) < 4.78 is 6.45. The van der Waals surface area contributed by atoms with Crippen LogP contribution in [0.5, 0.6) is 0 Å². The van der Waals surface area contributed by atoms with Crippen LogP contribution >= 0.6 is 0 Å². The third-order valence-corrected chi connectivity index (χ3v) is 4.76. The molecule has 1 aliphatic heterocycles. The zero-order valence-electron chi connectivity index (χ0n) is 16.8. The maximum Gasteiger partial charge on any atom is 0.290 e. The van der Waals surface area contributed by atoms with Crippen molar-refractivity contribution in [2.75, 3.05) is 26.3 Å². The number of ether oxygens (including phenoxy) is 1. The number of aromatic nitrogens is 2. The zero-order chi connectivity index (χ0) is 21.5. The average Bonchev–Trinajstić information content (AvgIpc) is 2.78. The predicted octanol–water partition coefficient (Wildman–Crippen LogP) is 0.207. The summed E-state index contributed by atoms with van der Waals surface area (Å²) in [5.74, 6) is -1.25. The fraction of sp³-hybridized carbons (Fsp3) is 0.450. The SMILES string of the molecule is CCCn1nc(C(=O)NNC(=O)CCC(=O)N2CCOCC2)c2ccccc2c1=O. The van der Waals surface area contributed by atoms with E-state index in [-0.39, 0.29) is 30.0 Å². The van der Waals surface area contributed by atoms with E-state index in [0.29, 0.717) is 50.0 Å². The summed E-state index contributed by atoms with van der Waals surface area (Å²) in [5, 5.41) is 4.96. The molecule has 1 saturated heterocycles. The van der Waals surface area contributed by atoms with Crippen molar-refractivity contribution in [3.63, 3.8) is 0 Å². The van der Waals surface area contributed by atoms with Crippen LogP contribution < -0.4 is 16.4 Å². The first-order valence-electron chi connectivity index (χ1n) is 9.95. The number of hydrogen-bond donors (Lipinski definition) is 2. The maximum atomic E-state index is 12.6. The smallest absolute Gasteiger partial charge is 0.290 e. The van der Waals surface area contributed by atoms with E-state index in [1.54, 1.807) is 29.2 Å². The third kappa shape index (κ3) is 5.01. The summed E-state index contributed by atoms with van der Waals surface area (Å²) in [5.41, 5.74) is 4.41. The van der Waals surface area contributed by atoms with Crippen molar-refractivity contribution in [1.29, 1.82) is 0 Å².